The highest BCUT2D eigenvalue weighted by Crippen LogP contribution is 2.49. The normalized spacial score (nSPS) is 14.1. The number of phenols is 1. The highest BCUT2D eigenvalue weighted by Gasteiger charge is 2.40. The van der Waals surface area contributed by atoms with Crippen molar-refractivity contribution in [2.24, 2.45) is 0 Å². The van der Waals surface area contributed by atoms with E-state index in [1.54, 1.807) is 0 Å². The lowest BCUT2D eigenvalue weighted by Crippen LogP contribution is -2.37. The minimum atomic E-state index is -0.250. The molecular formula is C34H52N2O4. The van der Waals surface area contributed by atoms with Crippen LogP contribution in [0.25, 0.3) is 0 Å². The number of rotatable bonds is 7. The van der Waals surface area contributed by atoms with E-state index in [1.165, 1.54) is 23.1 Å². The maximum Gasteiger partial charge on any atom is 0.238 e. The van der Waals surface area contributed by atoms with Crippen molar-refractivity contribution in [1.82, 2.24) is 10.9 Å². The van der Waals surface area contributed by atoms with Crippen LogP contribution in [-0.2, 0) is 44.3 Å². The molecule has 0 atom stereocenters. The molecule has 0 unspecified atom stereocenters. The van der Waals surface area contributed by atoms with Gasteiger partial charge in [-0.05, 0) is 71.3 Å². The van der Waals surface area contributed by atoms with Gasteiger partial charge in [-0.3, -0.25) is 20.4 Å². The van der Waals surface area contributed by atoms with E-state index < -0.39 is 0 Å². The van der Waals surface area contributed by atoms with Crippen molar-refractivity contribution in [1.29, 1.82) is 0 Å². The van der Waals surface area contributed by atoms with Gasteiger partial charge in [-0.2, -0.15) is 0 Å². The van der Waals surface area contributed by atoms with Crippen LogP contribution in [0.2, 0.25) is 0 Å². The second-order valence-corrected chi connectivity index (χ2v) is 14.5. The van der Waals surface area contributed by atoms with Crippen LogP contribution in [0, 0.1) is 0 Å². The number of amides is 2. The molecule has 6 nitrogen and oxygen atoms in total. The molecule has 1 aliphatic rings. The number of fused-ring (bicyclic) bond motifs is 1. The fourth-order valence-electron chi connectivity index (χ4n) is 4.91. The fourth-order valence-corrected chi connectivity index (χ4v) is 4.91. The summed E-state index contributed by atoms with van der Waals surface area (Å²) < 4.78 is 5.96. The Bertz CT molecular complexity index is 1170. The van der Waals surface area contributed by atoms with Gasteiger partial charge in [-0.25, -0.2) is 0 Å². The van der Waals surface area contributed by atoms with Crippen LogP contribution in [0.5, 0.6) is 11.5 Å². The number of hydrogen-bond acceptors (Lipinski definition) is 4. The molecule has 0 spiro atoms. The molecule has 0 fully saturated rings. The van der Waals surface area contributed by atoms with Gasteiger partial charge in [0.05, 0.1) is 0 Å². The van der Waals surface area contributed by atoms with Gasteiger partial charge in [0.25, 0.3) is 0 Å². The van der Waals surface area contributed by atoms with Crippen molar-refractivity contribution in [3.63, 3.8) is 0 Å². The van der Waals surface area contributed by atoms with Gasteiger partial charge in [0.1, 0.15) is 17.1 Å². The fraction of sp³-hybridized carbons (Fsp3) is 0.588. The predicted molar refractivity (Wildman–Crippen MR) is 164 cm³/mol. The van der Waals surface area contributed by atoms with Gasteiger partial charge in [-0.1, -0.05) is 93.9 Å². The highest BCUT2D eigenvalue weighted by atomic mass is 16.5. The van der Waals surface area contributed by atoms with Crippen LogP contribution in [0.3, 0.4) is 0 Å². The van der Waals surface area contributed by atoms with E-state index >= 15 is 0 Å². The SMILES string of the molecule is CC(C)(C)c1cc(CCC(=O)NNC=O)cc(C(C)(C)C)c1O.CCCc1cc(C(C)(C)C)c2c(c1)C(C)(C)O2. The molecule has 2 amide bonds. The summed E-state index contributed by atoms with van der Waals surface area (Å²) in [7, 11) is 0. The lowest BCUT2D eigenvalue weighted by molar-refractivity contribution is -0.124. The number of phenolic OH excluding ortho intramolecular Hbond substituents is 1. The Hall–Kier alpha value is -3.02. The number of hydrazine groups is 1. The zero-order valence-electron chi connectivity index (χ0n) is 26.9. The van der Waals surface area contributed by atoms with Gasteiger partial charge >= 0.3 is 0 Å². The summed E-state index contributed by atoms with van der Waals surface area (Å²) in [5, 5.41) is 10.6. The molecule has 0 bridgehead atoms. The Morgan fingerprint density at radius 1 is 0.850 bits per heavy atom. The lowest BCUT2D eigenvalue weighted by atomic mass is 9.78. The first-order valence-electron chi connectivity index (χ1n) is 14.4. The van der Waals surface area contributed by atoms with E-state index in [4.69, 9.17) is 4.74 Å². The summed E-state index contributed by atoms with van der Waals surface area (Å²) in [4.78, 5) is 21.8. The lowest BCUT2D eigenvalue weighted by Gasteiger charge is -2.42. The molecule has 222 valence electrons. The van der Waals surface area contributed by atoms with E-state index in [0.29, 0.717) is 18.6 Å². The molecule has 40 heavy (non-hydrogen) atoms. The average molecular weight is 553 g/mol. The smallest absolute Gasteiger partial charge is 0.238 e. The van der Waals surface area contributed by atoms with E-state index in [1.807, 2.05) is 12.1 Å². The van der Waals surface area contributed by atoms with Gasteiger partial charge in [-0.15, -0.1) is 0 Å². The number of aryl methyl sites for hydroxylation is 2. The Kier molecular flexibility index (Phi) is 10.2. The zero-order chi connectivity index (χ0) is 30.7. The molecule has 0 radical (unpaired) electrons. The summed E-state index contributed by atoms with van der Waals surface area (Å²) in [6.45, 7) is 25.6. The molecule has 2 aromatic rings. The molecule has 0 aliphatic carbocycles. The number of hydrogen-bond donors (Lipinski definition) is 3. The van der Waals surface area contributed by atoms with Crippen LogP contribution in [0.4, 0.5) is 0 Å². The van der Waals surface area contributed by atoms with Crippen LogP contribution in [-0.4, -0.2) is 17.4 Å². The topological polar surface area (TPSA) is 87.7 Å². The third kappa shape index (κ3) is 8.25. The van der Waals surface area contributed by atoms with Crippen molar-refractivity contribution in [3.8, 4) is 11.5 Å². The molecule has 3 rings (SSSR count). The van der Waals surface area contributed by atoms with E-state index in [0.717, 1.165) is 28.9 Å². The molecule has 0 aromatic heterocycles. The van der Waals surface area contributed by atoms with Gasteiger partial charge in [0.2, 0.25) is 12.3 Å². The number of nitrogens with one attached hydrogen (secondary N) is 2. The van der Waals surface area contributed by atoms with Crippen LogP contribution >= 0.6 is 0 Å². The van der Waals surface area contributed by atoms with Gasteiger partial charge in [0.15, 0.2) is 0 Å². The van der Waals surface area contributed by atoms with Crippen molar-refractivity contribution < 1.29 is 19.4 Å². The summed E-state index contributed by atoms with van der Waals surface area (Å²) in [6.07, 6.45) is 3.58. The monoisotopic (exact) mass is 552 g/mol. The van der Waals surface area contributed by atoms with E-state index in [2.05, 4.69) is 106 Å². The maximum atomic E-state index is 11.6. The third-order valence-electron chi connectivity index (χ3n) is 7.20. The van der Waals surface area contributed by atoms with Crippen LogP contribution in [0.1, 0.15) is 129 Å². The Balaban J connectivity index is 0.000000292. The van der Waals surface area contributed by atoms with Gasteiger partial charge in [0, 0.05) is 17.5 Å². The molecule has 1 heterocycles. The molecule has 3 N–H and O–H groups in total. The summed E-state index contributed by atoms with van der Waals surface area (Å²) >= 11 is 0. The van der Waals surface area contributed by atoms with Crippen molar-refractivity contribution >= 4 is 12.3 Å². The first-order chi connectivity index (χ1) is 18.2. The van der Waals surface area contributed by atoms with E-state index in [9.17, 15) is 14.7 Å². The minimum absolute atomic E-state index is 0.0981. The second-order valence-electron chi connectivity index (χ2n) is 14.5. The second kappa shape index (κ2) is 12.2. The van der Waals surface area contributed by atoms with Gasteiger partial charge < -0.3 is 9.84 Å². The molecule has 2 aromatic carbocycles. The maximum absolute atomic E-state index is 11.6. The molecule has 6 heteroatoms. The number of carbonyl (C=O) groups excluding carboxylic acids is 2. The van der Waals surface area contributed by atoms with Crippen LogP contribution in [0.15, 0.2) is 24.3 Å². The quantitative estimate of drug-likeness (QED) is 0.249. The van der Waals surface area contributed by atoms with Crippen molar-refractivity contribution in [2.45, 2.75) is 131 Å². The van der Waals surface area contributed by atoms with Crippen LogP contribution < -0.4 is 15.6 Å². The number of aromatic hydroxyl groups is 1. The molecular weight excluding hydrogens is 500 g/mol. The summed E-state index contributed by atoms with van der Waals surface area (Å²) in [6, 6.07) is 8.59. The zero-order valence-corrected chi connectivity index (χ0v) is 26.9. The molecule has 0 saturated carbocycles. The highest BCUT2D eigenvalue weighted by molar-refractivity contribution is 5.77. The Labute approximate surface area is 242 Å². The standard InChI is InChI=1S/C18H28N2O3.C16H24O/c1-17(2,3)13-9-12(7-8-15(22)20-19-11-21)10-14(16(13)23)18(4,5)6;1-7-8-11-9-12(15(2,3)4)14-13(10-11)16(5,6)17-14/h9-11,23H,7-8H2,1-6H3,(H,19,21)(H,20,22);9-10H,7-8H2,1-6H3. The average Bonchev–Trinajstić information content (AvgIpc) is 2.80. The first-order valence-corrected chi connectivity index (χ1v) is 14.4. The minimum Gasteiger partial charge on any atom is -0.507 e. The summed E-state index contributed by atoms with van der Waals surface area (Å²) in [5.41, 5.74) is 11.1. The predicted octanol–water partition coefficient (Wildman–Crippen LogP) is 7.26. The number of carbonyl (C=O) groups is 2. The molecule has 1 aliphatic heterocycles. The first kappa shape index (κ1) is 33.2. The third-order valence-corrected chi connectivity index (χ3v) is 7.20. The summed E-state index contributed by atoms with van der Waals surface area (Å²) in [5.74, 6) is 1.21. The Morgan fingerprint density at radius 2 is 1.32 bits per heavy atom. The largest absolute Gasteiger partial charge is 0.507 e. The number of ether oxygens (including phenoxy) is 1. The van der Waals surface area contributed by atoms with Crippen molar-refractivity contribution in [3.05, 3.63) is 57.6 Å². The van der Waals surface area contributed by atoms with E-state index in [-0.39, 0.29) is 34.2 Å². The number of benzene rings is 2. The Morgan fingerprint density at radius 3 is 1.75 bits per heavy atom. The van der Waals surface area contributed by atoms with Crippen molar-refractivity contribution in [2.75, 3.05) is 0 Å². The molecule has 0 saturated heterocycles.